The van der Waals surface area contributed by atoms with Gasteiger partial charge in [0.25, 0.3) is 6.43 Å². The molecule has 1 aromatic rings. The molecule has 0 bridgehead atoms. The molecular formula is C10H7F6NO2. The number of hydrogen-bond donors (Lipinski definition) is 0. The van der Waals surface area contributed by atoms with Crippen molar-refractivity contribution in [3.63, 3.8) is 0 Å². The zero-order valence-corrected chi connectivity index (χ0v) is 9.39. The molecule has 0 aliphatic heterocycles. The average Bonchev–Trinajstić information content (AvgIpc) is 2.26. The lowest BCUT2D eigenvalue weighted by Crippen LogP contribution is -2.17. The van der Waals surface area contributed by atoms with Crippen LogP contribution in [0, 0.1) is 5.95 Å². The number of esters is 1. The van der Waals surface area contributed by atoms with Gasteiger partial charge in [0.1, 0.15) is 5.56 Å². The highest BCUT2D eigenvalue weighted by atomic mass is 19.4. The van der Waals surface area contributed by atoms with Crippen LogP contribution in [0.1, 0.15) is 35.0 Å². The van der Waals surface area contributed by atoms with Gasteiger partial charge in [-0.3, -0.25) is 0 Å². The molecule has 3 nitrogen and oxygen atoms in total. The quantitative estimate of drug-likeness (QED) is 0.486. The van der Waals surface area contributed by atoms with Gasteiger partial charge in [-0.05, 0) is 13.0 Å². The van der Waals surface area contributed by atoms with Crippen molar-refractivity contribution in [1.29, 1.82) is 0 Å². The number of rotatable bonds is 3. The summed E-state index contributed by atoms with van der Waals surface area (Å²) >= 11 is 0. The van der Waals surface area contributed by atoms with Gasteiger partial charge < -0.3 is 4.74 Å². The van der Waals surface area contributed by atoms with Crippen molar-refractivity contribution in [2.45, 2.75) is 19.5 Å². The topological polar surface area (TPSA) is 39.2 Å². The Morgan fingerprint density at radius 3 is 2.42 bits per heavy atom. The number of alkyl halides is 5. The Balaban J connectivity index is 3.42. The third kappa shape index (κ3) is 3.36. The van der Waals surface area contributed by atoms with Crippen molar-refractivity contribution in [2.24, 2.45) is 0 Å². The molecule has 0 spiro atoms. The van der Waals surface area contributed by atoms with Gasteiger partial charge in [-0.15, -0.1) is 0 Å². The number of ether oxygens (including phenoxy) is 1. The van der Waals surface area contributed by atoms with Crippen LogP contribution in [0.5, 0.6) is 0 Å². The lowest BCUT2D eigenvalue weighted by Gasteiger charge is -2.12. The Hall–Kier alpha value is -1.80. The Morgan fingerprint density at radius 1 is 1.42 bits per heavy atom. The van der Waals surface area contributed by atoms with Gasteiger partial charge in [-0.25, -0.2) is 18.6 Å². The largest absolute Gasteiger partial charge is 0.461 e. The third-order valence-corrected chi connectivity index (χ3v) is 2.01. The minimum absolute atomic E-state index is 0.140. The number of aromatic nitrogens is 1. The van der Waals surface area contributed by atoms with Crippen molar-refractivity contribution in [1.82, 2.24) is 4.98 Å². The smallest absolute Gasteiger partial charge is 0.420 e. The summed E-state index contributed by atoms with van der Waals surface area (Å²) in [5.41, 5.74) is -4.45. The van der Waals surface area contributed by atoms with Gasteiger partial charge in [-0.2, -0.15) is 17.6 Å². The Morgan fingerprint density at radius 2 is 2.00 bits per heavy atom. The van der Waals surface area contributed by atoms with Crippen LogP contribution in [0.15, 0.2) is 6.07 Å². The second-order valence-corrected chi connectivity index (χ2v) is 3.28. The van der Waals surface area contributed by atoms with Crippen LogP contribution in [0.4, 0.5) is 26.3 Å². The first-order valence-electron chi connectivity index (χ1n) is 4.91. The average molecular weight is 287 g/mol. The maximum Gasteiger partial charge on any atom is 0.420 e. The van der Waals surface area contributed by atoms with E-state index >= 15 is 0 Å². The molecule has 9 heteroatoms. The maximum atomic E-state index is 13.1. The molecule has 106 valence electrons. The first kappa shape index (κ1) is 15.3. The van der Waals surface area contributed by atoms with Gasteiger partial charge in [0.15, 0.2) is 5.69 Å². The molecule has 0 amide bonds. The van der Waals surface area contributed by atoms with Gasteiger partial charge in [0, 0.05) is 0 Å². The maximum absolute atomic E-state index is 13.1. The van der Waals surface area contributed by atoms with E-state index in [0.29, 0.717) is 0 Å². The number of nitrogens with zero attached hydrogens (tertiary/aromatic N) is 1. The SMILES string of the molecule is CCOC(=O)c1nc(F)c(C(F)(F)F)cc1C(F)F. The van der Waals surface area contributed by atoms with E-state index in [4.69, 9.17) is 0 Å². The molecule has 19 heavy (non-hydrogen) atoms. The highest BCUT2D eigenvalue weighted by molar-refractivity contribution is 5.89. The van der Waals surface area contributed by atoms with E-state index in [1.807, 2.05) is 0 Å². The van der Waals surface area contributed by atoms with E-state index < -0.39 is 41.3 Å². The monoisotopic (exact) mass is 287 g/mol. The van der Waals surface area contributed by atoms with Crippen LogP contribution in [0.25, 0.3) is 0 Å². The Bertz CT molecular complexity index is 486. The van der Waals surface area contributed by atoms with Crippen molar-refractivity contribution in [3.05, 3.63) is 28.8 Å². The lowest BCUT2D eigenvalue weighted by atomic mass is 10.1. The first-order chi connectivity index (χ1) is 8.68. The highest BCUT2D eigenvalue weighted by Crippen LogP contribution is 2.34. The van der Waals surface area contributed by atoms with Crippen molar-refractivity contribution in [2.75, 3.05) is 6.61 Å². The van der Waals surface area contributed by atoms with E-state index in [0.717, 1.165) is 0 Å². The predicted molar refractivity (Wildman–Crippen MR) is 50.1 cm³/mol. The van der Waals surface area contributed by atoms with Crippen molar-refractivity contribution in [3.8, 4) is 0 Å². The fourth-order valence-electron chi connectivity index (χ4n) is 1.23. The lowest BCUT2D eigenvalue weighted by molar-refractivity contribution is -0.140. The molecule has 0 fully saturated rings. The molecule has 0 N–H and O–H groups in total. The zero-order valence-electron chi connectivity index (χ0n) is 9.39. The Labute approximate surface area is 103 Å². The molecule has 1 heterocycles. The van der Waals surface area contributed by atoms with E-state index in [2.05, 4.69) is 9.72 Å². The normalized spacial score (nSPS) is 11.8. The minimum Gasteiger partial charge on any atom is -0.461 e. The first-order valence-corrected chi connectivity index (χ1v) is 4.91. The van der Waals surface area contributed by atoms with E-state index in [9.17, 15) is 31.1 Å². The number of halogens is 6. The molecule has 0 saturated heterocycles. The number of carbonyl (C=O) groups excluding carboxylic acids is 1. The minimum atomic E-state index is -5.19. The standard InChI is InChI=1S/C10H7F6NO2/c1-2-19-9(18)6-4(7(11)12)3-5(8(13)17-6)10(14,15)16/h3,7H,2H2,1H3. The van der Waals surface area contributed by atoms with Crippen LogP contribution in [-0.4, -0.2) is 17.6 Å². The number of pyridine rings is 1. The summed E-state index contributed by atoms with van der Waals surface area (Å²) in [6.07, 6.45) is -8.61. The predicted octanol–water partition coefficient (Wildman–Crippen LogP) is 3.35. The summed E-state index contributed by atoms with van der Waals surface area (Å²) in [5, 5.41) is 0. The van der Waals surface area contributed by atoms with Crippen molar-refractivity contribution < 1.29 is 35.9 Å². The van der Waals surface area contributed by atoms with Crippen molar-refractivity contribution >= 4 is 5.97 Å². The molecule has 0 aliphatic rings. The zero-order chi connectivity index (χ0) is 14.8. The highest BCUT2D eigenvalue weighted by Gasteiger charge is 2.38. The molecular weight excluding hydrogens is 280 g/mol. The summed E-state index contributed by atoms with van der Waals surface area (Å²) in [7, 11) is 0. The van der Waals surface area contributed by atoms with Gasteiger partial charge >= 0.3 is 12.1 Å². The fourth-order valence-corrected chi connectivity index (χ4v) is 1.23. The molecule has 0 radical (unpaired) electrons. The summed E-state index contributed by atoms with van der Waals surface area (Å²) < 4.78 is 79.6. The second kappa shape index (κ2) is 5.45. The molecule has 0 atom stereocenters. The molecule has 0 aliphatic carbocycles. The summed E-state index contributed by atoms with van der Waals surface area (Å²) in [4.78, 5) is 13.9. The summed E-state index contributed by atoms with van der Waals surface area (Å²) in [6, 6.07) is -0.140. The molecule has 0 aromatic carbocycles. The molecule has 0 unspecified atom stereocenters. The molecule has 0 saturated carbocycles. The van der Waals surface area contributed by atoms with Crippen LogP contribution >= 0.6 is 0 Å². The van der Waals surface area contributed by atoms with Gasteiger partial charge in [0.05, 0.1) is 12.2 Å². The number of carbonyl (C=O) groups is 1. The van der Waals surface area contributed by atoms with E-state index in [-0.39, 0.29) is 12.7 Å². The molecule has 1 rings (SSSR count). The van der Waals surface area contributed by atoms with Gasteiger partial charge in [0.2, 0.25) is 5.95 Å². The van der Waals surface area contributed by atoms with E-state index in [1.165, 1.54) is 6.92 Å². The Kier molecular flexibility index (Phi) is 4.38. The third-order valence-electron chi connectivity index (χ3n) is 2.01. The van der Waals surface area contributed by atoms with Crippen LogP contribution in [0.2, 0.25) is 0 Å². The van der Waals surface area contributed by atoms with Crippen LogP contribution in [-0.2, 0) is 10.9 Å². The van der Waals surface area contributed by atoms with Crippen LogP contribution in [0.3, 0.4) is 0 Å². The van der Waals surface area contributed by atoms with E-state index in [1.54, 1.807) is 0 Å². The fraction of sp³-hybridized carbons (Fsp3) is 0.400. The molecule has 1 aromatic heterocycles. The van der Waals surface area contributed by atoms with Gasteiger partial charge in [-0.1, -0.05) is 0 Å². The summed E-state index contributed by atoms with van der Waals surface area (Å²) in [6.45, 7) is 1.13. The number of hydrogen-bond acceptors (Lipinski definition) is 3. The van der Waals surface area contributed by atoms with Crippen LogP contribution < -0.4 is 0 Å². The summed E-state index contributed by atoms with van der Waals surface area (Å²) in [5.74, 6) is -3.47. The second-order valence-electron chi connectivity index (χ2n) is 3.28.